The Balaban J connectivity index is 1.23. The van der Waals surface area contributed by atoms with Crippen molar-refractivity contribution in [2.75, 3.05) is 26.9 Å². The van der Waals surface area contributed by atoms with E-state index >= 15 is 0 Å². The topological polar surface area (TPSA) is 105 Å². The highest BCUT2D eigenvalue weighted by Crippen LogP contribution is 2.44. The first-order valence-electron chi connectivity index (χ1n) is 12.1. The zero-order valence-corrected chi connectivity index (χ0v) is 19.7. The molecule has 0 spiro atoms. The fraction of sp³-hybridized carbons (Fsp3) is 0.444. The lowest BCUT2D eigenvalue weighted by Crippen LogP contribution is -2.58. The number of aliphatic carboxylic acids is 1. The summed E-state index contributed by atoms with van der Waals surface area (Å²) in [4.78, 5) is 39.3. The van der Waals surface area contributed by atoms with Gasteiger partial charge < -0.3 is 24.8 Å². The van der Waals surface area contributed by atoms with Gasteiger partial charge in [-0.3, -0.25) is 4.79 Å². The molecule has 35 heavy (non-hydrogen) atoms. The van der Waals surface area contributed by atoms with Crippen molar-refractivity contribution in [3.63, 3.8) is 0 Å². The van der Waals surface area contributed by atoms with Crippen molar-refractivity contribution in [3.05, 3.63) is 59.7 Å². The van der Waals surface area contributed by atoms with Crippen LogP contribution in [0.5, 0.6) is 0 Å². The molecule has 2 aromatic carbocycles. The highest BCUT2D eigenvalue weighted by atomic mass is 16.5. The van der Waals surface area contributed by atoms with Gasteiger partial charge >= 0.3 is 12.1 Å². The number of fused-ring (bicyclic) bond motifs is 3. The van der Waals surface area contributed by atoms with Gasteiger partial charge in [-0.15, -0.1) is 0 Å². The van der Waals surface area contributed by atoms with E-state index in [-0.39, 0.29) is 31.5 Å². The predicted octanol–water partition coefficient (Wildman–Crippen LogP) is 3.40. The van der Waals surface area contributed by atoms with Crippen LogP contribution in [-0.4, -0.2) is 66.4 Å². The Bertz CT molecular complexity index is 1100. The number of amides is 2. The lowest BCUT2D eigenvalue weighted by atomic mass is 9.93. The molecule has 1 saturated heterocycles. The van der Waals surface area contributed by atoms with Gasteiger partial charge in [-0.05, 0) is 35.1 Å². The molecule has 3 atom stereocenters. The number of nitrogens with one attached hydrogen (secondary N) is 1. The molecule has 2 fully saturated rings. The monoisotopic (exact) mass is 478 g/mol. The summed E-state index contributed by atoms with van der Waals surface area (Å²) in [7, 11) is 1.52. The molecule has 2 aromatic rings. The van der Waals surface area contributed by atoms with E-state index in [1.165, 1.54) is 11.9 Å². The second-order valence-electron chi connectivity index (χ2n) is 9.65. The smallest absolute Gasteiger partial charge is 0.407 e. The Hall–Kier alpha value is -3.39. The van der Waals surface area contributed by atoms with Crippen LogP contribution in [0.1, 0.15) is 42.7 Å². The second-order valence-corrected chi connectivity index (χ2v) is 9.65. The molecular weight excluding hydrogens is 448 g/mol. The van der Waals surface area contributed by atoms with Crippen LogP contribution in [0.25, 0.3) is 11.1 Å². The number of hydrogen-bond donors (Lipinski definition) is 2. The highest BCUT2D eigenvalue weighted by Gasteiger charge is 2.50. The van der Waals surface area contributed by atoms with E-state index in [1.54, 1.807) is 0 Å². The number of carboxylic acids is 1. The molecule has 2 aliphatic carbocycles. The van der Waals surface area contributed by atoms with E-state index in [0.29, 0.717) is 19.4 Å². The van der Waals surface area contributed by atoms with Gasteiger partial charge in [-0.1, -0.05) is 55.0 Å². The van der Waals surface area contributed by atoms with Crippen LogP contribution in [0.15, 0.2) is 48.5 Å². The lowest BCUT2D eigenvalue weighted by molar-refractivity contribution is -0.159. The lowest BCUT2D eigenvalue weighted by Gasteiger charge is -2.36. The quantitative estimate of drug-likeness (QED) is 0.659. The average Bonchev–Trinajstić information content (AvgIpc) is 3.60. The Morgan fingerprint density at radius 2 is 1.74 bits per heavy atom. The summed E-state index contributed by atoms with van der Waals surface area (Å²) < 4.78 is 11.0. The molecule has 1 aliphatic heterocycles. The summed E-state index contributed by atoms with van der Waals surface area (Å²) in [5.74, 6) is -1.88. The number of likely N-dealkylation sites (N-methyl/N-ethyl adjacent to an activating group) is 1. The van der Waals surface area contributed by atoms with E-state index in [9.17, 15) is 19.5 Å². The Morgan fingerprint density at radius 1 is 1.09 bits per heavy atom. The number of rotatable bonds is 6. The number of hydrogen-bond acceptors (Lipinski definition) is 5. The molecular formula is C27H30N2O6. The van der Waals surface area contributed by atoms with E-state index in [0.717, 1.165) is 28.7 Å². The fourth-order valence-corrected chi connectivity index (χ4v) is 5.81. The van der Waals surface area contributed by atoms with Crippen LogP contribution in [0.3, 0.4) is 0 Å². The molecule has 0 aromatic heterocycles. The Kier molecular flexibility index (Phi) is 6.23. The standard InChI is InChI=1S/C27H30N2O6/c1-29(27(25(31)32)13-14-34-16-27)24(30)21-11-6-12-23(21)28-26(33)35-15-22-19-9-4-2-7-17(19)18-8-3-5-10-20(18)22/h2-5,7-10,21-23H,6,11-16H2,1H3,(H,28,33)(H,31,32). The van der Waals surface area contributed by atoms with Crippen LogP contribution < -0.4 is 5.32 Å². The van der Waals surface area contributed by atoms with Gasteiger partial charge in [-0.25, -0.2) is 9.59 Å². The maximum Gasteiger partial charge on any atom is 0.407 e. The number of ether oxygens (including phenoxy) is 2. The fourth-order valence-electron chi connectivity index (χ4n) is 5.81. The normalized spacial score (nSPS) is 25.1. The molecule has 8 nitrogen and oxygen atoms in total. The van der Waals surface area contributed by atoms with Crippen molar-refractivity contribution in [1.82, 2.24) is 10.2 Å². The maximum atomic E-state index is 13.3. The minimum Gasteiger partial charge on any atom is -0.479 e. The van der Waals surface area contributed by atoms with Crippen molar-refractivity contribution in [3.8, 4) is 11.1 Å². The number of benzene rings is 2. The van der Waals surface area contributed by atoms with Gasteiger partial charge in [0.25, 0.3) is 0 Å². The van der Waals surface area contributed by atoms with Gasteiger partial charge in [0.15, 0.2) is 5.54 Å². The maximum absolute atomic E-state index is 13.3. The minimum absolute atomic E-state index is 0.0260. The predicted molar refractivity (Wildman–Crippen MR) is 128 cm³/mol. The molecule has 3 unspecified atom stereocenters. The van der Waals surface area contributed by atoms with Crippen LogP contribution in [0, 0.1) is 5.92 Å². The third kappa shape index (κ3) is 4.05. The molecule has 3 aliphatic rings. The first kappa shape index (κ1) is 23.4. The van der Waals surface area contributed by atoms with Gasteiger partial charge in [0.1, 0.15) is 6.61 Å². The Labute approximate surface area is 204 Å². The number of nitrogens with zero attached hydrogens (tertiary/aromatic N) is 1. The minimum atomic E-state index is -1.35. The number of carbonyl (C=O) groups is 3. The van der Waals surface area contributed by atoms with E-state index in [2.05, 4.69) is 29.6 Å². The van der Waals surface area contributed by atoms with Crippen molar-refractivity contribution >= 4 is 18.0 Å². The van der Waals surface area contributed by atoms with Crippen LogP contribution in [0.4, 0.5) is 4.79 Å². The van der Waals surface area contributed by atoms with E-state index < -0.39 is 29.6 Å². The van der Waals surface area contributed by atoms with Gasteiger partial charge in [0, 0.05) is 32.0 Å². The molecule has 5 rings (SSSR count). The third-order valence-electron chi connectivity index (χ3n) is 7.85. The van der Waals surface area contributed by atoms with E-state index in [4.69, 9.17) is 9.47 Å². The summed E-state index contributed by atoms with van der Waals surface area (Å²) >= 11 is 0. The van der Waals surface area contributed by atoms with Crippen molar-refractivity contribution in [2.45, 2.75) is 43.2 Å². The molecule has 2 N–H and O–H groups in total. The molecule has 2 amide bonds. The molecule has 184 valence electrons. The first-order valence-corrected chi connectivity index (χ1v) is 12.1. The molecule has 1 heterocycles. The van der Waals surface area contributed by atoms with Crippen LogP contribution in [0.2, 0.25) is 0 Å². The van der Waals surface area contributed by atoms with Gasteiger partial charge in [-0.2, -0.15) is 0 Å². The molecule has 1 saturated carbocycles. The van der Waals surface area contributed by atoms with Crippen LogP contribution in [-0.2, 0) is 19.1 Å². The zero-order chi connectivity index (χ0) is 24.6. The third-order valence-corrected chi connectivity index (χ3v) is 7.85. The van der Waals surface area contributed by atoms with E-state index in [1.807, 2.05) is 24.3 Å². The second kappa shape index (κ2) is 9.34. The summed E-state index contributed by atoms with van der Waals surface area (Å²) in [6.07, 6.45) is 1.70. The SMILES string of the molecule is CN(C(=O)C1CCCC1NC(=O)OCC1c2ccccc2-c2ccccc21)C1(C(=O)O)CCOC1. The first-order chi connectivity index (χ1) is 16.9. The average molecular weight is 479 g/mol. The largest absolute Gasteiger partial charge is 0.479 e. The zero-order valence-electron chi connectivity index (χ0n) is 19.7. The molecule has 8 heteroatoms. The van der Waals surface area contributed by atoms with Crippen molar-refractivity contribution in [1.29, 1.82) is 0 Å². The highest BCUT2D eigenvalue weighted by molar-refractivity contribution is 5.89. The van der Waals surface area contributed by atoms with Crippen LogP contribution >= 0.6 is 0 Å². The van der Waals surface area contributed by atoms with Crippen molar-refractivity contribution < 1.29 is 29.0 Å². The summed E-state index contributed by atoms with van der Waals surface area (Å²) in [5.41, 5.74) is 3.23. The number of alkyl carbamates (subject to hydrolysis) is 1. The summed E-state index contributed by atoms with van der Waals surface area (Å²) in [6, 6.07) is 15.9. The number of carbonyl (C=O) groups excluding carboxylic acids is 2. The molecule has 0 radical (unpaired) electrons. The molecule has 0 bridgehead atoms. The number of carboxylic acid groups (broad SMARTS) is 1. The van der Waals surface area contributed by atoms with Gasteiger partial charge in [0.2, 0.25) is 5.91 Å². The summed E-state index contributed by atoms with van der Waals surface area (Å²) in [5, 5.41) is 12.7. The summed E-state index contributed by atoms with van der Waals surface area (Å²) in [6.45, 7) is 0.475. The Morgan fingerprint density at radius 3 is 2.34 bits per heavy atom. The van der Waals surface area contributed by atoms with Gasteiger partial charge in [0.05, 0.1) is 12.5 Å². The van der Waals surface area contributed by atoms with Crippen molar-refractivity contribution in [2.24, 2.45) is 5.92 Å².